The van der Waals surface area contributed by atoms with Gasteiger partial charge in [-0.15, -0.1) is 0 Å². The first kappa shape index (κ1) is 20.0. The average molecular weight is 377 g/mol. The molecule has 3 heterocycles. The van der Waals surface area contributed by atoms with E-state index in [0.717, 1.165) is 51.1 Å². The highest BCUT2D eigenvalue weighted by Gasteiger charge is 2.26. The number of hydrogen-bond donors (Lipinski definition) is 1. The first-order valence-corrected chi connectivity index (χ1v) is 10.0. The summed E-state index contributed by atoms with van der Waals surface area (Å²) < 4.78 is 6.85. The lowest BCUT2D eigenvalue weighted by Crippen LogP contribution is -2.50. The van der Waals surface area contributed by atoms with Crippen molar-refractivity contribution in [1.29, 1.82) is 0 Å². The molecule has 0 spiro atoms. The molecule has 150 valence electrons. The highest BCUT2D eigenvalue weighted by Crippen LogP contribution is 2.14. The lowest BCUT2D eigenvalue weighted by atomic mass is 9.99. The number of rotatable bonds is 6. The van der Waals surface area contributed by atoms with Crippen molar-refractivity contribution in [3.63, 3.8) is 0 Å². The van der Waals surface area contributed by atoms with Crippen molar-refractivity contribution in [1.82, 2.24) is 19.7 Å². The van der Waals surface area contributed by atoms with Gasteiger partial charge in [0.1, 0.15) is 5.56 Å². The zero-order valence-electron chi connectivity index (χ0n) is 16.6. The largest absolute Gasteiger partial charge is 0.383 e. The number of ether oxygens (including phenoxy) is 1. The van der Waals surface area contributed by atoms with Crippen LogP contribution in [0.1, 0.15) is 28.8 Å². The minimum Gasteiger partial charge on any atom is -0.383 e. The number of amides is 1. The molecule has 0 saturated carbocycles. The van der Waals surface area contributed by atoms with Crippen LogP contribution in [-0.4, -0.2) is 79.8 Å². The number of carbonyl (C=O) groups excluding carboxylic acids is 1. The molecule has 1 aromatic heterocycles. The van der Waals surface area contributed by atoms with Crippen molar-refractivity contribution in [3.8, 4) is 0 Å². The standard InChI is InChI=1S/C20H32N4O3/c1-16-5-7-24(15-17-4-3-6-21-14-17)20(26)18(16)19(25)23-10-8-22(9-11-23)12-13-27-2/h5,7,17,21H,3-4,6,8-15H2,1-2H3. The summed E-state index contributed by atoms with van der Waals surface area (Å²) >= 11 is 0. The van der Waals surface area contributed by atoms with Gasteiger partial charge in [0.2, 0.25) is 0 Å². The second-order valence-corrected chi connectivity index (χ2v) is 7.67. The molecular weight excluding hydrogens is 344 g/mol. The number of carbonyl (C=O) groups is 1. The summed E-state index contributed by atoms with van der Waals surface area (Å²) in [5, 5.41) is 3.39. The van der Waals surface area contributed by atoms with E-state index in [-0.39, 0.29) is 11.5 Å². The topological polar surface area (TPSA) is 66.8 Å². The number of piperidine rings is 1. The fourth-order valence-electron chi connectivity index (χ4n) is 3.98. The molecule has 1 unspecified atom stereocenters. The molecule has 1 atom stereocenters. The second kappa shape index (κ2) is 9.48. The van der Waals surface area contributed by atoms with Gasteiger partial charge in [-0.25, -0.2) is 0 Å². The number of nitrogens with one attached hydrogen (secondary N) is 1. The van der Waals surface area contributed by atoms with Gasteiger partial charge >= 0.3 is 0 Å². The summed E-state index contributed by atoms with van der Waals surface area (Å²) in [6, 6.07) is 1.90. The van der Waals surface area contributed by atoms with Crippen LogP contribution in [0, 0.1) is 12.8 Å². The maximum absolute atomic E-state index is 13.1. The van der Waals surface area contributed by atoms with Crippen LogP contribution < -0.4 is 10.9 Å². The Bertz CT molecular complexity index is 689. The van der Waals surface area contributed by atoms with Gasteiger partial charge in [-0.2, -0.15) is 0 Å². The first-order chi connectivity index (χ1) is 13.1. The van der Waals surface area contributed by atoms with Crippen LogP contribution in [0.2, 0.25) is 0 Å². The molecule has 0 bridgehead atoms. The molecule has 0 aliphatic carbocycles. The van der Waals surface area contributed by atoms with Gasteiger partial charge in [-0.05, 0) is 50.4 Å². The zero-order chi connectivity index (χ0) is 19.2. The van der Waals surface area contributed by atoms with Gasteiger partial charge in [-0.1, -0.05) is 0 Å². The molecule has 2 saturated heterocycles. The number of hydrogen-bond acceptors (Lipinski definition) is 5. The zero-order valence-corrected chi connectivity index (χ0v) is 16.6. The van der Waals surface area contributed by atoms with E-state index >= 15 is 0 Å². The van der Waals surface area contributed by atoms with Crippen LogP contribution in [0.4, 0.5) is 0 Å². The summed E-state index contributed by atoms with van der Waals surface area (Å²) in [5.41, 5.74) is 0.962. The molecule has 7 heteroatoms. The maximum Gasteiger partial charge on any atom is 0.263 e. The summed E-state index contributed by atoms with van der Waals surface area (Å²) in [5.74, 6) is 0.325. The number of aromatic nitrogens is 1. The molecule has 0 radical (unpaired) electrons. The molecule has 2 aliphatic heterocycles. The Morgan fingerprint density at radius 2 is 2.07 bits per heavy atom. The van der Waals surface area contributed by atoms with E-state index in [9.17, 15) is 9.59 Å². The Hall–Kier alpha value is -1.70. The number of aryl methyl sites for hydroxylation is 1. The van der Waals surface area contributed by atoms with Crippen LogP contribution in [0.25, 0.3) is 0 Å². The minimum absolute atomic E-state index is 0.125. The minimum atomic E-state index is -0.146. The number of pyridine rings is 1. The Labute approximate surface area is 161 Å². The SMILES string of the molecule is COCCN1CCN(C(=O)c2c(C)ccn(CC3CCCNC3)c2=O)CC1. The van der Waals surface area contributed by atoms with Gasteiger partial charge in [0.25, 0.3) is 11.5 Å². The van der Waals surface area contributed by atoms with E-state index in [1.165, 1.54) is 0 Å². The van der Waals surface area contributed by atoms with Gasteiger partial charge in [0.15, 0.2) is 0 Å². The van der Waals surface area contributed by atoms with E-state index in [4.69, 9.17) is 4.74 Å². The molecule has 1 N–H and O–H groups in total. The van der Waals surface area contributed by atoms with Gasteiger partial charge in [0, 0.05) is 52.6 Å². The summed E-state index contributed by atoms with van der Waals surface area (Å²) in [6.45, 7) is 9.06. The molecular formula is C20H32N4O3. The Morgan fingerprint density at radius 1 is 1.30 bits per heavy atom. The van der Waals surface area contributed by atoms with E-state index < -0.39 is 0 Å². The summed E-state index contributed by atoms with van der Waals surface area (Å²) in [7, 11) is 1.70. The predicted molar refractivity (Wildman–Crippen MR) is 105 cm³/mol. The summed E-state index contributed by atoms with van der Waals surface area (Å²) in [6.07, 6.45) is 4.11. The van der Waals surface area contributed by atoms with Crippen molar-refractivity contribution in [2.45, 2.75) is 26.3 Å². The van der Waals surface area contributed by atoms with Crippen LogP contribution in [0.15, 0.2) is 17.1 Å². The van der Waals surface area contributed by atoms with E-state index in [2.05, 4.69) is 10.2 Å². The second-order valence-electron chi connectivity index (χ2n) is 7.67. The molecule has 1 aromatic rings. The number of nitrogens with zero attached hydrogens (tertiary/aromatic N) is 3. The van der Waals surface area contributed by atoms with E-state index in [0.29, 0.717) is 37.7 Å². The third kappa shape index (κ3) is 4.97. The monoisotopic (exact) mass is 376 g/mol. The van der Waals surface area contributed by atoms with Crippen LogP contribution >= 0.6 is 0 Å². The van der Waals surface area contributed by atoms with E-state index in [1.54, 1.807) is 11.7 Å². The average Bonchev–Trinajstić information content (AvgIpc) is 2.70. The first-order valence-electron chi connectivity index (χ1n) is 10.0. The lowest BCUT2D eigenvalue weighted by Gasteiger charge is -2.34. The van der Waals surface area contributed by atoms with Crippen molar-refractivity contribution >= 4 is 5.91 Å². The normalized spacial score (nSPS) is 21.4. The van der Waals surface area contributed by atoms with Crippen LogP contribution in [0.3, 0.4) is 0 Å². The quantitative estimate of drug-likeness (QED) is 0.786. The highest BCUT2D eigenvalue weighted by molar-refractivity contribution is 5.95. The maximum atomic E-state index is 13.1. The molecule has 2 aliphatic rings. The molecule has 27 heavy (non-hydrogen) atoms. The third-order valence-electron chi connectivity index (χ3n) is 5.71. The Kier molecular flexibility index (Phi) is 7.04. The van der Waals surface area contributed by atoms with Crippen molar-refractivity contribution in [2.75, 3.05) is 59.5 Å². The molecule has 2 fully saturated rings. The van der Waals surface area contributed by atoms with Crippen LogP contribution in [-0.2, 0) is 11.3 Å². The molecule has 0 aromatic carbocycles. The van der Waals surface area contributed by atoms with Crippen LogP contribution in [0.5, 0.6) is 0 Å². The lowest BCUT2D eigenvalue weighted by molar-refractivity contribution is 0.0591. The van der Waals surface area contributed by atoms with Crippen molar-refractivity contribution in [3.05, 3.63) is 33.7 Å². The predicted octanol–water partition coefficient (Wildman–Crippen LogP) is 0.561. The van der Waals surface area contributed by atoms with Crippen molar-refractivity contribution in [2.24, 2.45) is 5.92 Å². The number of piperazine rings is 1. The fourth-order valence-corrected chi connectivity index (χ4v) is 3.98. The Morgan fingerprint density at radius 3 is 2.74 bits per heavy atom. The highest BCUT2D eigenvalue weighted by atomic mass is 16.5. The molecule has 7 nitrogen and oxygen atoms in total. The number of methoxy groups -OCH3 is 1. The molecule has 3 rings (SSSR count). The fraction of sp³-hybridized carbons (Fsp3) is 0.700. The summed E-state index contributed by atoms with van der Waals surface area (Å²) in [4.78, 5) is 30.2. The van der Waals surface area contributed by atoms with Crippen molar-refractivity contribution < 1.29 is 9.53 Å². The van der Waals surface area contributed by atoms with E-state index in [1.807, 2.05) is 24.1 Å². The smallest absolute Gasteiger partial charge is 0.263 e. The third-order valence-corrected chi connectivity index (χ3v) is 5.71. The molecule has 1 amide bonds. The van der Waals surface area contributed by atoms with Gasteiger partial charge in [0.05, 0.1) is 6.61 Å². The Balaban J connectivity index is 1.69. The van der Waals surface area contributed by atoms with Gasteiger partial charge < -0.3 is 19.5 Å². The van der Waals surface area contributed by atoms with Gasteiger partial charge in [-0.3, -0.25) is 14.5 Å².